The Morgan fingerprint density at radius 2 is 1.83 bits per heavy atom. The van der Waals surface area contributed by atoms with Crippen molar-refractivity contribution in [1.82, 2.24) is 14.5 Å². The van der Waals surface area contributed by atoms with Gasteiger partial charge in [-0.1, -0.05) is 54.6 Å². The summed E-state index contributed by atoms with van der Waals surface area (Å²) in [5.74, 6) is 0.621. The molecule has 42 heavy (non-hydrogen) atoms. The van der Waals surface area contributed by atoms with Gasteiger partial charge in [0.2, 0.25) is 15.9 Å². The normalized spacial score (nSPS) is 22.7. The molecule has 2 fully saturated rings. The van der Waals surface area contributed by atoms with Gasteiger partial charge >= 0.3 is 0 Å². The third-order valence-corrected chi connectivity index (χ3v) is 11.3. The maximum absolute atomic E-state index is 13.9. The number of benzene rings is 2. The zero-order valence-corrected chi connectivity index (χ0v) is 26.7. The Morgan fingerprint density at radius 3 is 2.52 bits per heavy atom. The molecule has 0 spiro atoms. The van der Waals surface area contributed by atoms with Crippen molar-refractivity contribution >= 4 is 39.1 Å². The molecule has 2 aromatic carbocycles. The molecule has 0 bridgehead atoms. The van der Waals surface area contributed by atoms with Crippen LogP contribution < -0.4 is 5.32 Å². The molecule has 2 aromatic rings. The van der Waals surface area contributed by atoms with Crippen molar-refractivity contribution in [2.75, 3.05) is 40.4 Å². The molecule has 2 atom stereocenters. The van der Waals surface area contributed by atoms with Crippen LogP contribution in [0.3, 0.4) is 0 Å². The van der Waals surface area contributed by atoms with Gasteiger partial charge in [0, 0.05) is 25.2 Å². The number of nitrogens with one attached hydrogen (secondary N) is 1. The molecule has 7 nitrogen and oxygen atoms in total. The van der Waals surface area contributed by atoms with Gasteiger partial charge < -0.3 is 15.0 Å². The molecule has 2 aliphatic rings. The number of rotatable bonds is 12. The van der Waals surface area contributed by atoms with E-state index < -0.39 is 10.0 Å². The van der Waals surface area contributed by atoms with Crippen LogP contribution in [0.1, 0.15) is 63.0 Å². The van der Waals surface area contributed by atoms with E-state index in [2.05, 4.69) is 24.3 Å². The van der Waals surface area contributed by atoms with Crippen LogP contribution >= 0.6 is 23.2 Å². The summed E-state index contributed by atoms with van der Waals surface area (Å²) >= 11 is 12.0. The van der Waals surface area contributed by atoms with Gasteiger partial charge in [-0.25, -0.2) is 12.8 Å². The molecule has 1 heterocycles. The molecule has 2 unspecified atom stereocenters. The van der Waals surface area contributed by atoms with Gasteiger partial charge in [0.25, 0.3) is 0 Å². The maximum Gasteiger partial charge on any atom is 0.245 e. The molecule has 1 N–H and O–H groups in total. The van der Waals surface area contributed by atoms with Gasteiger partial charge in [0.1, 0.15) is 12.4 Å². The maximum atomic E-state index is 13.9. The molecule has 1 aliphatic heterocycles. The second kappa shape index (κ2) is 15.3. The number of nitrogens with zero attached hydrogens (tertiary/aromatic N) is 2. The van der Waals surface area contributed by atoms with E-state index in [1.54, 1.807) is 12.1 Å². The first-order valence-electron chi connectivity index (χ1n) is 14.8. The van der Waals surface area contributed by atoms with Crippen molar-refractivity contribution in [2.24, 2.45) is 11.8 Å². The molecule has 1 saturated carbocycles. The lowest BCUT2D eigenvalue weighted by Crippen LogP contribution is -2.46. The summed E-state index contributed by atoms with van der Waals surface area (Å²) in [4.78, 5) is 14.8. The zero-order chi connectivity index (χ0) is 30.3. The minimum atomic E-state index is -3.77. The van der Waals surface area contributed by atoms with Crippen molar-refractivity contribution in [3.05, 3.63) is 63.9 Å². The van der Waals surface area contributed by atoms with Crippen molar-refractivity contribution in [1.29, 1.82) is 0 Å². The third kappa shape index (κ3) is 8.67. The zero-order valence-electron chi connectivity index (χ0n) is 24.4. The summed E-state index contributed by atoms with van der Waals surface area (Å²) in [5.41, 5.74) is 1.03. The fourth-order valence-corrected chi connectivity index (χ4v) is 8.53. The summed E-state index contributed by atoms with van der Waals surface area (Å²) in [5, 5.41) is 3.44. The Labute approximate surface area is 259 Å². The molecule has 1 amide bonds. The quantitative estimate of drug-likeness (QED) is 0.294. The number of carbonyl (C=O) groups excluding carboxylic acids is 1. The van der Waals surface area contributed by atoms with Crippen LogP contribution in [-0.4, -0.2) is 70.0 Å². The highest BCUT2D eigenvalue weighted by atomic mass is 35.5. The van der Waals surface area contributed by atoms with Crippen molar-refractivity contribution in [3.63, 3.8) is 0 Å². The van der Waals surface area contributed by atoms with Crippen LogP contribution in [0.2, 0.25) is 10.0 Å². The highest BCUT2D eigenvalue weighted by Crippen LogP contribution is 2.40. The van der Waals surface area contributed by atoms with Crippen molar-refractivity contribution < 1.29 is 22.3 Å². The highest BCUT2D eigenvalue weighted by Gasteiger charge is 2.34. The molecule has 0 radical (unpaired) electrons. The summed E-state index contributed by atoms with van der Waals surface area (Å²) in [6.45, 7) is 1.01. The Bertz CT molecular complexity index is 1300. The number of halogens is 3. The number of piperidine rings is 1. The smallest absolute Gasteiger partial charge is 0.245 e. The number of carbonyl (C=O) groups is 1. The summed E-state index contributed by atoms with van der Waals surface area (Å²) in [6, 6.07) is 11.1. The molecule has 232 valence electrons. The minimum absolute atomic E-state index is 0.0989. The van der Waals surface area contributed by atoms with Crippen LogP contribution in [0.15, 0.2) is 47.4 Å². The Morgan fingerprint density at radius 1 is 1.07 bits per heavy atom. The summed E-state index contributed by atoms with van der Waals surface area (Å²) in [7, 11) is 0.341. The monoisotopic (exact) mass is 641 g/mol. The largest absolute Gasteiger partial charge is 0.370 e. The lowest BCUT2D eigenvalue weighted by molar-refractivity contribution is -0.126. The second-order valence-electron chi connectivity index (χ2n) is 11.7. The number of sulfonamides is 1. The average Bonchev–Trinajstić information content (AvgIpc) is 2.95. The standard InChI is InChI=1S/C31H42Cl2FN3O4S/c1-36(2)31(24-6-5-7-25(34)18-24)23-11-9-22(10-12-23)15-16-35-30(38)21-41-20-26-8-3-4-17-37(26)42(39,40)27-13-14-28(32)29(33)19-27/h5-7,13-14,18-19,22-23,26,31H,3-4,8-12,15-17,20-21H2,1-2H3,(H,35,38). The SMILES string of the molecule is CN(C)C(c1cccc(F)c1)C1CCC(CCNC(=O)COCC2CCCCN2S(=O)(=O)c2ccc(Cl)c(Cl)c2)CC1. The van der Waals surface area contributed by atoms with E-state index >= 15 is 0 Å². The van der Waals surface area contributed by atoms with E-state index in [9.17, 15) is 17.6 Å². The molecular formula is C31H42Cl2FN3O4S. The predicted octanol–water partition coefficient (Wildman–Crippen LogP) is 6.31. The molecule has 1 aliphatic carbocycles. The predicted molar refractivity (Wildman–Crippen MR) is 165 cm³/mol. The average molecular weight is 643 g/mol. The van der Waals surface area contributed by atoms with Crippen molar-refractivity contribution in [3.8, 4) is 0 Å². The van der Waals surface area contributed by atoms with E-state index in [4.69, 9.17) is 27.9 Å². The van der Waals surface area contributed by atoms with Crippen LogP contribution in [0.25, 0.3) is 0 Å². The fourth-order valence-electron chi connectivity index (χ4n) is 6.46. The Kier molecular flexibility index (Phi) is 12.1. The van der Waals surface area contributed by atoms with Crippen molar-refractivity contribution in [2.45, 2.75) is 68.3 Å². The van der Waals surface area contributed by atoms with Crippen LogP contribution in [-0.2, 0) is 19.6 Å². The first kappa shape index (κ1) is 33.1. The summed E-state index contributed by atoms with van der Waals surface area (Å²) in [6.07, 6.45) is 7.55. The van der Waals surface area contributed by atoms with E-state index in [0.717, 1.165) is 50.5 Å². The van der Waals surface area contributed by atoms with E-state index in [-0.39, 0.29) is 46.9 Å². The van der Waals surface area contributed by atoms with Gasteiger partial charge in [-0.05, 0) is 93.9 Å². The third-order valence-electron chi connectivity index (χ3n) is 8.57. The number of ether oxygens (including phenoxy) is 1. The lowest BCUT2D eigenvalue weighted by atomic mass is 9.75. The van der Waals surface area contributed by atoms with Gasteiger partial charge in [0.05, 0.1) is 21.5 Å². The topological polar surface area (TPSA) is 79.0 Å². The number of hydrogen-bond acceptors (Lipinski definition) is 5. The second-order valence-corrected chi connectivity index (χ2v) is 14.4. The van der Waals surface area contributed by atoms with Gasteiger partial charge in [-0.15, -0.1) is 0 Å². The van der Waals surface area contributed by atoms with Crippen LogP contribution in [0, 0.1) is 17.7 Å². The van der Waals surface area contributed by atoms with Crippen LogP contribution in [0.5, 0.6) is 0 Å². The first-order chi connectivity index (χ1) is 20.1. The number of hydrogen-bond donors (Lipinski definition) is 1. The van der Waals surface area contributed by atoms with Gasteiger partial charge in [0.15, 0.2) is 0 Å². The summed E-state index contributed by atoms with van der Waals surface area (Å²) < 4.78 is 47.6. The fraction of sp³-hybridized carbons (Fsp3) is 0.581. The van der Waals surface area contributed by atoms with Gasteiger partial charge in [-0.3, -0.25) is 4.79 Å². The van der Waals surface area contributed by atoms with E-state index in [0.29, 0.717) is 36.4 Å². The Balaban J connectivity index is 1.18. The highest BCUT2D eigenvalue weighted by molar-refractivity contribution is 7.89. The lowest BCUT2D eigenvalue weighted by Gasteiger charge is -2.37. The molecule has 1 saturated heterocycles. The molecular weight excluding hydrogens is 600 g/mol. The van der Waals surface area contributed by atoms with Crippen LogP contribution in [0.4, 0.5) is 4.39 Å². The van der Waals surface area contributed by atoms with Gasteiger partial charge in [-0.2, -0.15) is 4.31 Å². The number of amides is 1. The molecule has 4 rings (SSSR count). The van der Waals surface area contributed by atoms with E-state index in [1.807, 2.05) is 6.07 Å². The van der Waals surface area contributed by atoms with E-state index in [1.165, 1.54) is 28.6 Å². The Hall–Kier alpha value is -1.75. The first-order valence-corrected chi connectivity index (χ1v) is 17.0. The molecule has 11 heteroatoms. The molecule has 0 aromatic heterocycles. The minimum Gasteiger partial charge on any atom is -0.370 e.